The third-order valence-electron chi connectivity index (χ3n) is 6.08. The molecule has 4 rings (SSSR count). The van der Waals surface area contributed by atoms with Crippen LogP contribution in [0.4, 0.5) is 24.0 Å². The molecule has 2 N–H and O–H groups in total. The van der Waals surface area contributed by atoms with Crippen molar-refractivity contribution in [1.29, 1.82) is 0 Å². The predicted octanol–water partition coefficient (Wildman–Crippen LogP) is 4.39. The number of nitrogens with zero attached hydrogens (tertiary/aromatic N) is 2. The maximum atomic E-state index is 13.7. The lowest BCUT2D eigenvalue weighted by atomic mass is 9.93. The van der Waals surface area contributed by atoms with Crippen molar-refractivity contribution >= 4 is 32.2 Å². The fourth-order valence-electron chi connectivity index (χ4n) is 4.61. The average Bonchev–Trinajstić information content (AvgIpc) is 3.38. The van der Waals surface area contributed by atoms with Crippen LogP contribution in [0.3, 0.4) is 0 Å². The van der Waals surface area contributed by atoms with Gasteiger partial charge in [0.2, 0.25) is 0 Å². The highest BCUT2D eigenvalue weighted by Gasteiger charge is 2.47. The van der Waals surface area contributed by atoms with Crippen LogP contribution in [0, 0.1) is 0 Å². The molecule has 30 heavy (non-hydrogen) atoms. The number of hydrogen-bond acceptors (Lipinski definition) is 6. The van der Waals surface area contributed by atoms with Gasteiger partial charge < -0.3 is 5.32 Å². The molecule has 6 nitrogen and oxygen atoms in total. The van der Waals surface area contributed by atoms with E-state index in [1.807, 2.05) is 0 Å². The molecule has 2 atom stereocenters. The molecule has 1 aromatic heterocycles. The molecule has 2 aliphatic heterocycles. The fourth-order valence-corrected chi connectivity index (χ4v) is 6.43. The zero-order valence-corrected chi connectivity index (χ0v) is 18.0. The summed E-state index contributed by atoms with van der Waals surface area (Å²) >= 11 is 1.05. The largest absolute Gasteiger partial charge is 0.418 e. The molecule has 3 heterocycles. The number of hydrogen-bond donors (Lipinski definition) is 2. The maximum Gasteiger partial charge on any atom is 0.418 e. The Morgan fingerprint density at radius 3 is 2.83 bits per heavy atom. The van der Waals surface area contributed by atoms with Gasteiger partial charge in [-0.05, 0) is 57.4 Å². The quantitative estimate of drug-likeness (QED) is 0.669. The third kappa shape index (κ3) is 4.02. The van der Waals surface area contributed by atoms with Crippen molar-refractivity contribution in [3.63, 3.8) is 0 Å². The molecule has 0 spiro atoms. The van der Waals surface area contributed by atoms with Crippen LogP contribution in [0.15, 0.2) is 34.7 Å². The molecule has 2 unspecified atom stereocenters. The van der Waals surface area contributed by atoms with E-state index in [1.54, 1.807) is 5.38 Å². The summed E-state index contributed by atoms with van der Waals surface area (Å²) in [7, 11) is -4.17. The van der Waals surface area contributed by atoms with Crippen LogP contribution < -0.4 is 10.0 Å². The Kier molecular flexibility index (Phi) is 5.48. The third-order valence-corrected chi connectivity index (χ3v) is 8.23. The molecule has 2 aliphatic rings. The number of nitrogens with one attached hydrogen (secondary N) is 2. The van der Waals surface area contributed by atoms with Crippen molar-refractivity contribution in [3.8, 4) is 0 Å². The Hall–Kier alpha value is -1.85. The number of anilines is 2. The van der Waals surface area contributed by atoms with Crippen LogP contribution >= 0.6 is 11.3 Å². The van der Waals surface area contributed by atoms with E-state index in [1.165, 1.54) is 18.3 Å². The van der Waals surface area contributed by atoms with Gasteiger partial charge in [0.15, 0.2) is 5.13 Å². The Morgan fingerprint density at radius 2 is 2.13 bits per heavy atom. The highest BCUT2D eigenvalue weighted by molar-refractivity contribution is 7.93. The summed E-state index contributed by atoms with van der Waals surface area (Å²) in [6.45, 7) is 3.53. The van der Waals surface area contributed by atoms with Crippen molar-refractivity contribution in [2.24, 2.45) is 0 Å². The summed E-state index contributed by atoms with van der Waals surface area (Å²) in [5.74, 6) is 0. The van der Waals surface area contributed by atoms with Crippen molar-refractivity contribution < 1.29 is 21.6 Å². The van der Waals surface area contributed by atoms with Gasteiger partial charge >= 0.3 is 6.18 Å². The molecular weight excluding hydrogens is 437 g/mol. The predicted molar refractivity (Wildman–Crippen MR) is 110 cm³/mol. The van der Waals surface area contributed by atoms with Gasteiger partial charge in [0.25, 0.3) is 10.0 Å². The minimum absolute atomic E-state index is 0.0986. The van der Waals surface area contributed by atoms with Crippen LogP contribution in [0.5, 0.6) is 0 Å². The van der Waals surface area contributed by atoms with E-state index < -0.39 is 26.7 Å². The van der Waals surface area contributed by atoms with Crippen LogP contribution in [0.1, 0.15) is 38.2 Å². The van der Waals surface area contributed by atoms with Crippen LogP contribution in [-0.2, 0) is 16.2 Å². The van der Waals surface area contributed by atoms with Crippen molar-refractivity contribution in [2.75, 3.05) is 23.1 Å². The lowest BCUT2D eigenvalue weighted by Gasteiger charge is -2.35. The van der Waals surface area contributed by atoms with Gasteiger partial charge in [-0.15, -0.1) is 11.3 Å². The first-order valence-corrected chi connectivity index (χ1v) is 12.1. The van der Waals surface area contributed by atoms with E-state index in [9.17, 15) is 21.6 Å². The van der Waals surface area contributed by atoms with Gasteiger partial charge in [0, 0.05) is 35.4 Å². The van der Waals surface area contributed by atoms with Crippen LogP contribution in [0.2, 0.25) is 0 Å². The molecule has 0 saturated carbocycles. The van der Waals surface area contributed by atoms with Gasteiger partial charge in [-0.25, -0.2) is 13.4 Å². The summed E-state index contributed by atoms with van der Waals surface area (Å²) in [5.41, 5.74) is -1.22. The average molecular weight is 461 g/mol. The summed E-state index contributed by atoms with van der Waals surface area (Å²) in [6, 6.07) is 3.50. The van der Waals surface area contributed by atoms with E-state index in [2.05, 4.69) is 26.8 Å². The Balaban J connectivity index is 1.59. The fraction of sp³-hybridized carbons (Fsp3) is 0.526. The minimum atomic E-state index is -4.69. The minimum Gasteiger partial charge on any atom is -0.383 e. The number of aromatic nitrogens is 1. The van der Waals surface area contributed by atoms with Gasteiger partial charge in [-0.2, -0.15) is 13.2 Å². The molecule has 2 aromatic rings. The maximum absolute atomic E-state index is 13.7. The van der Waals surface area contributed by atoms with E-state index in [0.717, 1.165) is 43.6 Å². The monoisotopic (exact) mass is 460 g/mol. The molecule has 0 amide bonds. The topological polar surface area (TPSA) is 74.3 Å². The molecule has 2 fully saturated rings. The Bertz CT molecular complexity index is 1010. The lowest BCUT2D eigenvalue weighted by molar-refractivity contribution is -0.137. The summed E-state index contributed by atoms with van der Waals surface area (Å²) in [5, 5.41) is 4.65. The first-order chi connectivity index (χ1) is 14.1. The first-order valence-electron chi connectivity index (χ1n) is 9.75. The standard InChI is InChI=1S/C19H23F3N4O2S2/c1-13-5-7-18(6-2-9-26(13)18)12-24-16-4-3-14(11-15(16)19(20,21)22)30(27,28)25-17-23-8-10-29-17/h3-4,8,10-11,13,24H,2,5-7,9,12H2,1H3,(H,23,25). The number of rotatable bonds is 6. The van der Waals surface area contributed by atoms with Gasteiger partial charge in [-0.1, -0.05) is 0 Å². The highest BCUT2D eigenvalue weighted by atomic mass is 32.2. The number of halogens is 3. The molecule has 1 aromatic carbocycles. The Labute approximate surface area is 177 Å². The van der Waals surface area contributed by atoms with Crippen molar-refractivity contribution in [2.45, 2.75) is 55.3 Å². The van der Waals surface area contributed by atoms with Crippen LogP contribution in [-0.4, -0.2) is 43.0 Å². The molecule has 0 aliphatic carbocycles. The van der Waals surface area contributed by atoms with Gasteiger partial charge in [0.1, 0.15) is 0 Å². The summed E-state index contributed by atoms with van der Waals surface area (Å²) in [4.78, 5) is 5.75. The SMILES string of the molecule is CC1CCC2(CNc3ccc(S(=O)(=O)Nc4nccs4)cc3C(F)(F)F)CCCN12. The second-order valence-electron chi connectivity index (χ2n) is 7.91. The zero-order valence-electron chi connectivity index (χ0n) is 16.4. The second kappa shape index (κ2) is 7.69. The van der Waals surface area contributed by atoms with E-state index in [-0.39, 0.29) is 16.4 Å². The first kappa shape index (κ1) is 21.4. The van der Waals surface area contributed by atoms with E-state index in [4.69, 9.17) is 0 Å². The zero-order chi connectivity index (χ0) is 21.6. The molecule has 11 heteroatoms. The smallest absolute Gasteiger partial charge is 0.383 e. The van der Waals surface area contributed by atoms with Gasteiger partial charge in [0.05, 0.1) is 10.5 Å². The number of benzene rings is 1. The van der Waals surface area contributed by atoms with E-state index >= 15 is 0 Å². The summed E-state index contributed by atoms with van der Waals surface area (Å²) < 4.78 is 68.5. The summed E-state index contributed by atoms with van der Waals surface area (Å²) in [6.07, 6.45) is 0.700. The molecule has 0 bridgehead atoms. The molecule has 164 valence electrons. The van der Waals surface area contributed by atoms with Crippen molar-refractivity contribution in [1.82, 2.24) is 9.88 Å². The van der Waals surface area contributed by atoms with Crippen molar-refractivity contribution in [3.05, 3.63) is 35.3 Å². The number of alkyl halides is 3. The molecule has 0 radical (unpaired) electrons. The number of sulfonamides is 1. The van der Waals surface area contributed by atoms with E-state index in [0.29, 0.717) is 18.7 Å². The number of thiazole rings is 1. The normalized spacial score (nSPS) is 24.7. The number of fused-ring (bicyclic) bond motifs is 1. The highest BCUT2D eigenvalue weighted by Crippen LogP contribution is 2.43. The lowest BCUT2D eigenvalue weighted by Crippen LogP contribution is -2.46. The molecular formula is C19H23F3N4O2S2. The second-order valence-corrected chi connectivity index (χ2v) is 10.5. The molecule has 2 saturated heterocycles. The Morgan fingerprint density at radius 1 is 1.33 bits per heavy atom. The van der Waals surface area contributed by atoms with Gasteiger partial charge in [-0.3, -0.25) is 9.62 Å². The van der Waals surface area contributed by atoms with Crippen LogP contribution in [0.25, 0.3) is 0 Å².